The minimum atomic E-state index is 0.0404. The van der Waals surface area contributed by atoms with Gasteiger partial charge in [-0.15, -0.1) is 0 Å². The average Bonchev–Trinajstić information content (AvgIpc) is 2.87. The average molecular weight is 450 g/mol. The summed E-state index contributed by atoms with van der Waals surface area (Å²) >= 11 is 0. The van der Waals surface area contributed by atoms with Crippen LogP contribution in [0.4, 0.5) is 17.1 Å². The van der Waals surface area contributed by atoms with Crippen molar-refractivity contribution in [1.29, 1.82) is 0 Å². The number of carbonyl (C=O) groups excluding carboxylic acids is 1. The van der Waals surface area contributed by atoms with Gasteiger partial charge in [-0.25, -0.2) is 0 Å². The monoisotopic (exact) mass is 449 g/mol. The van der Waals surface area contributed by atoms with Gasteiger partial charge >= 0.3 is 0 Å². The molecule has 4 rings (SSSR count). The summed E-state index contributed by atoms with van der Waals surface area (Å²) in [4.78, 5) is 15.3. The number of ketones is 1. The Bertz CT molecular complexity index is 1180. The summed E-state index contributed by atoms with van der Waals surface area (Å²) in [6, 6.07) is 34.6. The second-order valence-corrected chi connectivity index (χ2v) is 9.21. The van der Waals surface area contributed by atoms with E-state index in [1.807, 2.05) is 68.4 Å². The Morgan fingerprint density at radius 3 is 1.47 bits per heavy atom. The predicted molar refractivity (Wildman–Crippen MR) is 146 cm³/mol. The third-order valence-electron chi connectivity index (χ3n) is 5.71. The van der Waals surface area contributed by atoms with E-state index in [-0.39, 0.29) is 11.2 Å². The van der Waals surface area contributed by atoms with Crippen LogP contribution < -0.4 is 4.90 Å². The summed E-state index contributed by atoms with van der Waals surface area (Å²) in [6.45, 7) is 12.6. The third-order valence-corrected chi connectivity index (χ3v) is 5.71. The molecule has 0 amide bonds. The Labute approximate surface area is 204 Å². The number of para-hydroxylation sites is 1. The Morgan fingerprint density at radius 1 is 0.588 bits per heavy atom. The van der Waals surface area contributed by atoms with Crippen LogP contribution in [0.3, 0.4) is 0 Å². The molecule has 0 aliphatic carbocycles. The molecule has 0 bridgehead atoms. The highest BCUT2D eigenvalue weighted by atomic mass is 16.1. The van der Waals surface area contributed by atoms with Crippen molar-refractivity contribution >= 4 is 22.8 Å². The quantitative estimate of drug-likeness (QED) is 0.283. The molecule has 174 valence electrons. The third kappa shape index (κ3) is 5.82. The van der Waals surface area contributed by atoms with Crippen molar-refractivity contribution in [1.82, 2.24) is 0 Å². The SMILES string of the molecule is CC.Cc1ccc(N(c2ccccc2)c2ccc(C(=O)c3ccc(C(C)(C)C)cc3)cc2)cc1. The fourth-order valence-electron chi connectivity index (χ4n) is 3.77. The van der Waals surface area contributed by atoms with Gasteiger partial charge in [0.25, 0.3) is 0 Å². The highest BCUT2D eigenvalue weighted by Gasteiger charge is 2.16. The van der Waals surface area contributed by atoms with E-state index in [0.717, 1.165) is 17.1 Å². The molecule has 0 spiro atoms. The summed E-state index contributed by atoms with van der Waals surface area (Å²) in [5, 5.41) is 0. The molecule has 0 aromatic heterocycles. The molecule has 0 saturated heterocycles. The van der Waals surface area contributed by atoms with E-state index in [9.17, 15) is 4.79 Å². The molecule has 0 aliphatic rings. The van der Waals surface area contributed by atoms with E-state index in [1.165, 1.54) is 11.1 Å². The predicted octanol–water partition coefficient (Wildman–Crippen LogP) is 9.02. The lowest BCUT2D eigenvalue weighted by Gasteiger charge is -2.25. The summed E-state index contributed by atoms with van der Waals surface area (Å²) in [7, 11) is 0. The molecule has 0 fully saturated rings. The van der Waals surface area contributed by atoms with Gasteiger partial charge in [-0.2, -0.15) is 0 Å². The first kappa shape index (κ1) is 25.0. The van der Waals surface area contributed by atoms with Crippen LogP contribution in [0, 0.1) is 6.92 Å². The van der Waals surface area contributed by atoms with Crippen LogP contribution in [-0.2, 0) is 5.41 Å². The summed E-state index contributed by atoms with van der Waals surface area (Å²) in [5.74, 6) is 0.0404. The van der Waals surface area contributed by atoms with Gasteiger partial charge in [-0.1, -0.05) is 94.8 Å². The molecule has 0 saturated carbocycles. The molecule has 0 heterocycles. The van der Waals surface area contributed by atoms with E-state index >= 15 is 0 Å². The zero-order valence-electron chi connectivity index (χ0n) is 21.2. The van der Waals surface area contributed by atoms with Crippen LogP contribution in [0.2, 0.25) is 0 Å². The molecule has 4 aromatic rings. The Kier molecular flexibility index (Phi) is 8.07. The molecule has 2 nitrogen and oxygen atoms in total. The van der Waals surface area contributed by atoms with E-state index < -0.39 is 0 Å². The Hall–Kier alpha value is -3.65. The second-order valence-electron chi connectivity index (χ2n) is 9.21. The molecule has 4 aromatic carbocycles. The number of aryl methyl sites for hydroxylation is 1. The molecular formula is C32H35NO. The minimum Gasteiger partial charge on any atom is -0.311 e. The van der Waals surface area contributed by atoms with Gasteiger partial charge < -0.3 is 4.90 Å². The number of rotatable bonds is 5. The maximum atomic E-state index is 13.1. The molecule has 0 unspecified atom stereocenters. The van der Waals surface area contributed by atoms with Gasteiger partial charge in [0.05, 0.1) is 0 Å². The van der Waals surface area contributed by atoms with Crippen LogP contribution in [-0.4, -0.2) is 5.78 Å². The van der Waals surface area contributed by atoms with E-state index in [4.69, 9.17) is 0 Å². The van der Waals surface area contributed by atoms with Gasteiger partial charge in [0.15, 0.2) is 5.78 Å². The Morgan fingerprint density at radius 2 is 1.00 bits per heavy atom. The minimum absolute atomic E-state index is 0.0404. The number of hydrogen-bond acceptors (Lipinski definition) is 2. The van der Waals surface area contributed by atoms with E-state index in [1.54, 1.807) is 0 Å². The zero-order chi connectivity index (χ0) is 24.7. The van der Waals surface area contributed by atoms with Gasteiger partial charge in [0, 0.05) is 28.2 Å². The van der Waals surface area contributed by atoms with Crippen molar-refractivity contribution in [2.75, 3.05) is 4.90 Å². The maximum absolute atomic E-state index is 13.1. The van der Waals surface area contributed by atoms with Gasteiger partial charge in [0.2, 0.25) is 0 Å². The van der Waals surface area contributed by atoms with Crippen molar-refractivity contribution in [3.8, 4) is 0 Å². The molecule has 0 N–H and O–H groups in total. The summed E-state index contributed by atoms with van der Waals surface area (Å²) < 4.78 is 0. The van der Waals surface area contributed by atoms with Crippen LogP contribution >= 0.6 is 0 Å². The fourth-order valence-corrected chi connectivity index (χ4v) is 3.77. The first-order valence-electron chi connectivity index (χ1n) is 12.0. The lowest BCUT2D eigenvalue weighted by Crippen LogP contribution is -2.12. The van der Waals surface area contributed by atoms with Crippen molar-refractivity contribution in [3.63, 3.8) is 0 Å². The largest absolute Gasteiger partial charge is 0.311 e. The highest BCUT2D eigenvalue weighted by Crippen LogP contribution is 2.34. The Balaban J connectivity index is 0.00000158. The fraction of sp³-hybridized carbons (Fsp3) is 0.219. The van der Waals surface area contributed by atoms with Crippen LogP contribution in [0.5, 0.6) is 0 Å². The van der Waals surface area contributed by atoms with Crippen molar-refractivity contribution in [2.45, 2.75) is 47.0 Å². The summed E-state index contributed by atoms with van der Waals surface area (Å²) in [6.07, 6.45) is 0. The number of carbonyl (C=O) groups is 1. The van der Waals surface area contributed by atoms with Crippen LogP contribution in [0.25, 0.3) is 0 Å². The van der Waals surface area contributed by atoms with Gasteiger partial charge in [-0.05, 0) is 66.4 Å². The highest BCUT2D eigenvalue weighted by molar-refractivity contribution is 6.09. The van der Waals surface area contributed by atoms with Gasteiger partial charge in [-0.3, -0.25) is 4.79 Å². The first-order valence-corrected chi connectivity index (χ1v) is 12.0. The normalized spacial score (nSPS) is 10.8. The van der Waals surface area contributed by atoms with Crippen molar-refractivity contribution in [2.24, 2.45) is 0 Å². The lowest BCUT2D eigenvalue weighted by atomic mass is 9.86. The smallest absolute Gasteiger partial charge is 0.193 e. The number of anilines is 3. The number of hydrogen-bond donors (Lipinski definition) is 0. The molecule has 0 aliphatic heterocycles. The topological polar surface area (TPSA) is 20.3 Å². The van der Waals surface area contributed by atoms with Crippen molar-refractivity contribution < 1.29 is 4.79 Å². The van der Waals surface area contributed by atoms with Crippen LogP contribution in [0.15, 0.2) is 103 Å². The van der Waals surface area contributed by atoms with Crippen molar-refractivity contribution in [3.05, 3.63) is 125 Å². The van der Waals surface area contributed by atoms with E-state index in [0.29, 0.717) is 11.1 Å². The summed E-state index contributed by atoms with van der Waals surface area (Å²) in [5.41, 5.74) is 7.09. The standard InChI is InChI=1S/C30H29NO.C2H6/c1-22-10-18-27(19-11-22)31(26-8-6-5-7-9-26)28-20-14-24(15-21-28)29(32)23-12-16-25(17-13-23)30(2,3)4;1-2/h5-21H,1-4H3;1-2H3. The van der Waals surface area contributed by atoms with Crippen LogP contribution in [0.1, 0.15) is 61.7 Å². The second kappa shape index (κ2) is 11.0. The molecule has 34 heavy (non-hydrogen) atoms. The lowest BCUT2D eigenvalue weighted by molar-refractivity contribution is 0.103. The number of benzene rings is 4. The molecular weight excluding hydrogens is 414 g/mol. The maximum Gasteiger partial charge on any atom is 0.193 e. The molecule has 0 radical (unpaired) electrons. The van der Waals surface area contributed by atoms with E-state index in [2.05, 4.69) is 81.1 Å². The molecule has 2 heteroatoms. The molecule has 0 atom stereocenters. The zero-order valence-corrected chi connectivity index (χ0v) is 21.2. The first-order chi connectivity index (χ1) is 16.3. The number of nitrogens with zero attached hydrogens (tertiary/aromatic N) is 1. The van der Waals surface area contributed by atoms with Gasteiger partial charge in [0.1, 0.15) is 0 Å².